The molecule has 0 amide bonds. The lowest BCUT2D eigenvalue weighted by atomic mass is 9.77. The standard InChI is InChI=1S/C19H27NO4/c1-12-3-6-19-15(12)16-13(4-5-18(19,2)24-19)14(17(21)23-16)11-20-7-9-22-10-8-20/h3,13-16H,4-11H2,1-2H3/p+1/t13-,14-,15+,16-,18-,19+/m0/s1. The topological polar surface area (TPSA) is 52.5 Å². The zero-order valence-electron chi connectivity index (χ0n) is 14.7. The second-order valence-electron chi connectivity index (χ2n) is 8.63. The summed E-state index contributed by atoms with van der Waals surface area (Å²) >= 11 is 0. The fourth-order valence-electron chi connectivity index (χ4n) is 5.99. The van der Waals surface area contributed by atoms with Gasteiger partial charge in [-0.15, -0.1) is 0 Å². The molecule has 6 atom stereocenters. The molecule has 5 aliphatic rings. The SMILES string of the molecule is CC1=CC[C@]23O[C@@]2(C)CC[C@@H]2[C@H](OC(=O)[C@H]2C[NH+]2CCOCC2)[C@@H]13. The third-order valence-corrected chi connectivity index (χ3v) is 7.47. The Morgan fingerprint density at radius 3 is 2.92 bits per heavy atom. The molecule has 0 aromatic heterocycles. The van der Waals surface area contributed by atoms with Crippen molar-refractivity contribution in [2.24, 2.45) is 17.8 Å². The fourth-order valence-corrected chi connectivity index (χ4v) is 5.99. The van der Waals surface area contributed by atoms with Crippen LogP contribution in [-0.2, 0) is 19.0 Å². The molecule has 3 aliphatic heterocycles. The van der Waals surface area contributed by atoms with Crippen LogP contribution in [0.1, 0.15) is 33.1 Å². The van der Waals surface area contributed by atoms with Crippen LogP contribution in [0.15, 0.2) is 11.6 Å². The third kappa shape index (κ3) is 1.95. The molecule has 5 rings (SSSR count). The summed E-state index contributed by atoms with van der Waals surface area (Å²) in [6, 6.07) is 0. The lowest BCUT2D eigenvalue weighted by Crippen LogP contribution is -3.14. The molecule has 3 saturated heterocycles. The number of quaternary nitrogens is 1. The number of carbonyl (C=O) groups is 1. The zero-order chi connectivity index (χ0) is 16.5. The first-order valence-corrected chi connectivity index (χ1v) is 9.53. The van der Waals surface area contributed by atoms with E-state index in [1.54, 1.807) is 0 Å². The minimum absolute atomic E-state index is 0.0148. The Kier molecular flexibility index (Phi) is 3.23. The Morgan fingerprint density at radius 1 is 1.33 bits per heavy atom. The summed E-state index contributed by atoms with van der Waals surface area (Å²) in [4.78, 5) is 14.2. The second kappa shape index (κ2) is 5.05. The summed E-state index contributed by atoms with van der Waals surface area (Å²) in [5, 5.41) is 0. The lowest BCUT2D eigenvalue weighted by Gasteiger charge is -2.29. The summed E-state index contributed by atoms with van der Waals surface area (Å²) in [6.07, 6.45) is 5.42. The third-order valence-electron chi connectivity index (χ3n) is 7.47. The van der Waals surface area contributed by atoms with Gasteiger partial charge in [0.05, 0.1) is 25.4 Å². The van der Waals surface area contributed by atoms with Crippen LogP contribution in [0.5, 0.6) is 0 Å². The summed E-state index contributed by atoms with van der Waals surface area (Å²) < 4.78 is 17.8. The van der Waals surface area contributed by atoms with Gasteiger partial charge in [0.15, 0.2) is 0 Å². The van der Waals surface area contributed by atoms with E-state index < -0.39 is 0 Å². The van der Waals surface area contributed by atoms with Crippen LogP contribution in [0, 0.1) is 17.8 Å². The normalized spacial score (nSPS) is 50.4. The van der Waals surface area contributed by atoms with Crippen molar-refractivity contribution in [1.82, 2.24) is 0 Å². The molecule has 0 aromatic rings. The number of esters is 1. The van der Waals surface area contributed by atoms with Crippen molar-refractivity contribution in [2.45, 2.75) is 50.4 Å². The number of epoxide rings is 1. The summed E-state index contributed by atoms with van der Waals surface area (Å²) in [5.41, 5.74) is 1.26. The first-order chi connectivity index (χ1) is 11.5. The molecule has 5 heteroatoms. The van der Waals surface area contributed by atoms with Crippen molar-refractivity contribution < 1.29 is 23.9 Å². The maximum atomic E-state index is 12.7. The molecule has 5 nitrogen and oxygen atoms in total. The molecule has 1 spiro atoms. The monoisotopic (exact) mass is 334 g/mol. The molecule has 1 N–H and O–H groups in total. The Labute approximate surface area is 143 Å². The predicted molar refractivity (Wildman–Crippen MR) is 86.6 cm³/mol. The Morgan fingerprint density at radius 2 is 2.12 bits per heavy atom. The Balaban J connectivity index is 1.41. The number of nitrogens with one attached hydrogen (secondary N) is 1. The molecule has 0 aromatic carbocycles. The van der Waals surface area contributed by atoms with Crippen molar-refractivity contribution >= 4 is 5.97 Å². The van der Waals surface area contributed by atoms with Gasteiger partial charge in [0, 0.05) is 11.8 Å². The molecule has 0 radical (unpaired) electrons. The van der Waals surface area contributed by atoms with E-state index >= 15 is 0 Å². The van der Waals surface area contributed by atoms with E-state index in [1.165, 1.54) is 10.5 Å². The fraction of sp³-hybridized carbons (Fsp3) is 0.842. The van der Waals surface area contributed by atoms with E-state index in [9.17, 15) is 4.79 Å². The van der Waals surface area contributed by atoms with Crippen molar-refractivity contribution in [3.05, 3.63) is 11.6 Å². The molecule has 4 fully saturated rings. The maximum absolute atomic E-state index is 12.7. The van der Waals surface area contributed by atoms with E-state index in [4.69, 9.17) is 14.2 Å². The quantitative estimate of drug-likeness (QED) is 0.450. The first-order valence-electron chi connectivity index (χ1n) is 9.53. The Hall–Kier alpha value is -0.910. The van der Waals surface area contributed by atoms with Gasteiger partial charge in [0.2, 0.25) is 0 Å². The van der Waals surface area contributed by atoms with E-state index in [0.717, 1.165) is 52.1 Å². The van der Waals surface area contributed by atoms with Crippen LogP contribution < -0.4 is 4.90 Å². The number of ether oxygens (including phenoxy) is 3. The first kappa shape index (κ1) is 15.4. The number of carbonyl (C=O) groups excluding carboxylic acids is 1. The van der Waals surface area contributed by atoms with Gasteiger partial charge in [-0.05, 0) is 33.1 Å². The lowest BCUT2D eigenvalue weighted by molar-refractivity contribution is -0.910. The van der Waals surface area contributed by atoms with Crippen LogP contribution >= 0.6 is 0 Å². The van der Waals surface area contributed by atoms with E-state index in [0.29, 0.717) is 5.92 Å². The molecule has 0 bridgehead atoms. The van der Waals surface area contributed by atoms with E-state index in [1.807, 2.05) is 0 Å². The van der Waals surface area contributed by atoms with E-state index in [-0.39, 0.29) is 35.1 Å². The number of rotatable bonds is 2. The molecule has 24 heavy (non-hydrogen) atoms. The molecular weight excluding hydrogens is 306 g/mol. The summed E-state index contributed by atoms with van der Waals surface area (Å²) in [6.45, 7) is 9.00. The largest absolute Gasteiger partial charge is 0.461 e. The van der Waals surface area contributed by atoms with Crippen LogP contribution in [-0.4, -0.2) is 56.1 Å². The van der Waals surface area contributed by atoms with Gasteiger partial charge in [0.25, 0.3) is 0 Å². The van der Waals surface area contributed by atoms with Gasteiger partial charge in [-0.1, -0.05) is 11.6 Å². The molecule has 0 unspecified atom stereocenters. The van der Waals surface area contributed by atoms with Gasteiger partial charge >= 0.3 is 5.97 Å². The van der Waals surface area contributed by atoms with Crippen LogP contribution in [0.2, 0.25) is 0 Å². The minimum atomic E-state index is -0.0858. The molecule has 2 aliphatic carbocycles. The smallest absolute Gasteiger partial charge is 0.315 e. The average molecular weight is 334 g/mol. The molecular formula is C19H28NO4+. The number of hydrogen-bond donors (Lipinski definition) is 1. The van der Waals surface area contributed by atoms with Crippen LogP contribution in [0.3, 0.4) is 0 Å². The molecule has 132 valence electrons. The molecule has 1 saturated carbocycles. The predicted octanol–water partition coefficient (Wildman–Crippen LogP) is 0.347. The highest BCUT2D eigenvalue weighted by Crippen LogP contribution is 2.67. The number of morpholine rings is 1. The van der Waals surface area contributed by atoms with Gasteiger partial charge in [-0.3, -0.25) is 4.79 Å². The van der Waals surface area contributed by atoms with Gasteiger partial charge in [0.1, 0.15) is 30.7 Å². The number of hydrogen-bond acceptors (Lipinski definition) is 4. The maximum Gasteiger partial charge on any atom is 0.315 e. The summed E-state index contributed by atoms with van der Waals surface area (Å²) in [5.74, 6) is 0.700. The second-order valence-corrected chi connectivity index (χ2v) is 8.63. The number of fused-ring (bicyclic) bond motifs is 2. The van der Waals surface area contributed by atoms with E-state index in [2.05, 4.69) is 19.9 Å². The summed E-state index contributed by atoms with van der Waals surface area (Å²) in [7, 11) is 0. The van der Waals surface area contributed by atoms with Crippen molar-refractivity contribution in [3.63, 3.8) is 0 Å². The zero-order valence-corrected chi connectivity index (χ0v) is 14.7. The highest BCUT2D eigenvalue weighted by atomic mass is 16.6. The van der Waals surface area contributed by atoms with Crippen molar-refractivity contribution in [2.75, 3.05) is 32.8 Å². The van der Waals surface area contributed by atoms with Gasteiger partial charge < -0.3 is 19.1 Å². The van der Waals surface area contributed by atoms with Crippen LogP contribution in [0.25, 0.3) is 0 Å². The van der Waals surface area contributed by atoms with Crippen LogP contribution in [0.4, 0.5) is 0 Å². The van der Waals surface area contributed by atoms with Gasteiger partial charge in [-0.2, -0.15) is 0 Å². The average Bonchev–Trinajstić information content (AvgIpc) is 2.88. The highest BCUT2D eigenvalue weighted by molar-refractivity contribution is 5.75. The Bertz CT molecular complexity index is 598. The highest BCUT2D eigenvalue weighted by Gasteiger charge is 2.76. The van der Waals surface area contributed by atoms with Crippen molar-refractivity contribution in [3.8, 4) is 0 Å². The van der Waals surface area contributed by atoms with Crippen molar-refractivity contribution in [1.29, 1.82) is 0 Å². The molecule has 3 heterocycles. The minimum Gasteiger partial charge on any atom is -0.461 e. The van der Waals surface area contributed by atoms with Gasteiger partial charge in [-0.25, -0.2) is 0 Å².